The minimum atomic E-state index is -0.0675. The summed E-state index contributed by atoms with van der Waals surface area (Å²) < 4.78 is 0. The molecule has 1 amide bonds. The highest BCUT2D eigenvalue weighted by Crippen LogP contribution is 2.15. The van der Waals surface area contributed by atoms with Crippen molar-refractivity contribution in [2.45, 2.75) is 31.8 Å². The molecule has 1 aliphatic heterocycles. The van der Waals surface area contributed by atoms with Crippen molar-refractivity contribution < 1.29 is 4.79 Å². The summed E-state index contributed by atoms with van der Waals surface area (Å²) in [5.74, 6) is -0.0675. The molecule has 24 heavy (non-hydrogen) atoms. The molecule has 0 bridgehead atoms. The van der Waals surface area contributed by atoms with Crippen molar-refractivity contribution >= 4 is 17.2 Å². The van der Waals surface area contributed by atoms with Crippen molar-refractivity contribution in [2.75, 3.05) is 19.6 Å². The minimum absolute atomic E-state index is 0.0675. The van der Waals surface area contributed by atoms with E-state index in [4.69, 9.17) is 5.73 Å². The van der Waals surface area contributed by atoms with Gasteiger partial charge in [-0.3, -0.25) is 14.7 Å². The molecular formula is C17H23N5OS. The Labute approximate surface area is 146 Å². The van der Waals surface area contributed by atoms with E-state index in [1.807, 2.05) is 17.8 Å². The molecule has 2 aromatic heterocycles. The number of amides is 1. The van der Waals surface area contributed by atoms with Gasteiger partial charge in [0, 0.05) is 49.9 Å². The quantitative estimate of drug-likeness (QED) is 0.827. The Morgan fingerprint density at radius 1 is 1.33 bits per heavy atom. The first-order valence-corrected chi connectivity index (χ1v) is 9.19. The predicted octanol–water partition coefficient (Wildman–Crippen LogP) is 1.43. The number of hydrogen-bond donors (Lipinski definition) is 2. The summed E-state index contributed by atoms with van der Waals surface area (Å²) in [6, 6.07) is 4.33. The van der Waals surface area contributed by atoms with Crippen molar-refractivity contribution in [1.29, 1.82) is 0 Å². The molecule has 1 saturated heterocycles. The van der Waals surface area contributed by atoms with Crippen LogP contribution in [0.25, 0.3) is 0 Å². The highest BCUT2D eigenvalue weighted by Gasteiger charge is 2.22. The number of aromatic nitrogens is 2. The van der Waals surface area contributed by atoms with Gasteiger partial charge in [-0.05, 0) is 37.1 Å². The van der Waals surface area contributed by atoms with Crippen molar-refractivity contribution in [3.63, 3.8) is 0 Å². The van der Waals surface area contributed by atoms with Gasteiger partial charge in [0.25, 0.3) is 5.91 Å². The van der Waals surface area contributed by atoms with Gasteiger partial charge in [-0.1, -0.05) is 0 Å². The van der Waals surface area contributed by atoms with E-state index in [0.29, 0.717) is 12.2 Å². The lowest BCUT2D eigenvalue weighted by atomic mass is 10.0. The Morgan fingerprint density at radius 3 is 2.79 bits per heavy atom. The summed E-state index contributed by atoms with van der Waals surface area (Å²) in [6.45, 7) is 3.48. The van der Waals surface area contributed by atoms with Gasteiger partial charge in [-0.2, -0.15) is 0 Å². The molecule has 6 nitrogen and oxygen atoms in total. The number of rotatable bonds is 6. The van der Waals surface area contributed by atoms with Gasteiger partial charge in [0.1, 0.15) is 5.69 Å². The molecule has 1 aliphatic rings. The first-order valence-electron chi connectivity index (χ1n) is 8.31. The second-order valence-corrected chi connectivity index (χ2v) is 6.99. The Kier molecular flexibility index (Phi) is 5.90. The summed E-state index contributed by atoms with van der Waals surface area (Å²) in [6.07, 6.45) is 6.32. The Bertz CT molecular complexity index is 652. The average molecular weight is 345 g/mol. The van der Waals surface area contributed by atoms with E-state index < -0.39 is 0 Å². The summed E-state index contributed by atoms with van der Waals surface area (Å²) in [5, 5.41) is 5.86. The molecule has 1 fully saturated rings. The fraction of sp³-hybridized carbons (Fsp3) is 0.471. The second-order valence-electron chi connectivity index (χ2n) is 6.04. The van der Waals surface area contributed by atoms with Crippen LogP contribution < -0.4 is 11.1 Å². The van der Waals surface area contributed by atoms with E-state index in [-0.39, 0.29) is 11.9 Å². The topological polar surface area (TPSA) is 84.1 Å². The number of nitrogens with two attached hydrogens (primary N) is 1. The van der Waals surface area contributed by atoms with Crippen molar-refractivity contribution in [3.05, 3.63) is 46.2 Å². The van der Waals surface area contributed by atoms with Crippen LogP contribution >= 0.6 is 11.3 Å². The third kappa shape index (κ3) is 4.59. The first-order chi connectivity index (χ1) is 11.7. The van der Waals surface area contributed by atoms with Crippen molar-refractivity contribution in [3.8, 4) is 0 Å². The first kappa shape index (κ1) is 17.0. The van der Waals surface area contributed by atoms with Crippen molar-refractivity contribution in [2.24, 2.45) is 5.73 Å². The van der Waals surface area contributed by atoms with Gasteiger partial charge in [0.05, 0.1) is 5.01 Å². The second kappa shape index (κ2) is 8.32. The lowest BCUT2D eigenvalue weighted by Gasteiger charge is -2.32. The van der Waals surface area contributed by atoms with Crippen LogP contribution in [0.3, 0.4) is 0 Å². The maximum absolute atomic E-state index is 12.3. The smallest absolute Gasteiger partial charge is 0.270 e. The van der Waals surface area contributed by atoms with Crippen LogP contribution in [0.5, 0.6) is 0 Å². The predicted molar refractivity (Wildman–Crippen MR) is 94.9 cm³/mol. The third-order valence-electron chi connectivity index (χ3n) is 4.22. The standard InChI is InChI=1S/C17H23N5OS/c18-6-1-16-21-15(12-24-16)17(23)20-14-4-9-22(10-5-14)11-13-2-7-19-8-3-13/h2-3,7-8,12,14H,1,4-6,9-11,18H2,(H,20,23). The molecule has 0 atom stereocenters. The monoisotopic (exact) mass is 345 g/mol. The Morgan fingerprint density at radius 2 is 2.08 bits per heavy atom. The molecule has 0 spiro atoms. The number of nitrogens with zero attached hydrogens (tertiary/aromatic N) is 3. The van der Waals surface area contributed by atoms with Gasteiger partial charge in [0.15, 0.2) is 0 Å². The van der Waals surface area contributed by atoms with Crippen LogP contribution in [0.1, 0.15) is 33.9 Å². The molecular weight excluding hydrogens is 322 g/mol. The van der Waals surface area contributed by atoms with Gasteiger partial charge in [-0.15, -0.1) is 11.3 Å². The minimum Gasteiger partial charge on any atom is -0.348 e. The Balaban J connectivity index is 1.45. The van der Waals surface area contributed by atoms with Gasteiger partial charge >= 0.3 is 0 Å². The number of hydrogen-bond acceptors (Lipinski definition) is 6. The van der Waals surface area contributed by atoms with E-state index in [2.05, 4.69) is 32.3 Å². The Hall–Kier alpha value is -1.83. The molecule has 7 heteroatoms. The third-order valence-corrected chi connectivity index (χ3v) is 5.13. The van der Waals surface area contributed by atoms with Crippen LogP contribution in [-0.2, 0) is 13.0 Å². The molecule has 0 radical (unpaired) electrons. The summed E-state index contributed by atoms with van der Waals surface area (Å²) in [7, 11) is 0. The lowest BCUT2D eigenvalue weighted by Crippen LogP contribution is -2.44. The van der Waals surface area contributed by atoms with E-state index in [1.54, 1.807) is 0 Å². The highest BCUT2D eigenvalue weighted by atomic mass is 32.1. The fourth-order valence-corrected chi connectivity index (χ4v) is 3.69. The summed E-state index contributed by atoms with van der Waals surface area (Å²) in [4.78, 5) is 23.1. The molecule has 0 unspecified atom stereocenters. The number of pyridine rings is 1. The number of carbonyl (C=O) groups excluding carboxylic acids is 1. The number of thiazole rings is 1. The van der Waals surface area contributed by atoms with Crippen LogP contribution in [0.4, 0.5) is 0 Å². The van der Waals surface area contributed by atoms with Crippen LogP contribution in [-0.4, -0.2) is 46.5 Å². The van der Waals surface area contributed by atoms with Gasteiger partial charge in [0.2, 0.25) is 0 Å². The van der Waals surface area contributed by atoms with Gasteiger partial charge in [-0.25, -0.2) is 4.98 Å². The van der Waals surface area contributed by atoms with Crippen LogP contribution in [0.2, 0.25) is 0 Å². The molecule has 2 aromatic rings. The largest absolute Gasteiger partial charge is 0.348 e. The van der Waals surface area contributed by atoms with E-state index in [9.17, 15) is 4.79 Å². The highest BCUT2D eigenvalue weighted by molar-refractivity contribution is 7.09. The molecule has 0 aliphatic carbocycles. The molecule has 0 aromatic carbocycles. The normalized spacial score (nSPS) is 16.2. The van der Waals surface area contributed by atoms with Crippen LogP contribution in [0.15, 0.2) is 29.9 Å². The number of piperidine rings is 1. The maximum atomic E-state index is 12.3. The summed E-state index contributed by atoms with van der Waals surface area (Å²) in [5.41, 5.74) is 7.32. The fourth-order valence-electron chi connectivity index (χ4n) is 2.89. The lowest BCUT2D eigenvalue weighted by molar-refractivity contribution is 0.0904. The SMILES string of the molecule is NCCc1nc(C(=O)NC2CCN(Cc3ccncc3)CC2)cs1. The molecule has 128 valence electrons. The molecule has 3 rings (SSSR count). The zero-order chi connectivity index (χ0) is 16.8. The zero-order valence-electron chi connectivity index (χ0n) is 13.6. The molecule has 3 heterocycles. The number of likely N-dealkylation sites (tertiary alicyclic amines) is 1. The number of nitrogens with one attached hydrogen (secondary N) is 1. The molecule has 0 saturated carbocycles. The summed E-state index contributed by atoms with van der Waals surface area (Å²) >= 11 is 1.50. The average Bonchev–Trinajstić information content (AvgIpc) is 3.07. The van der Waals surface area contributed by atoms with E-state index >= 15 is 0 Å². The zero-order valence-corrected chi connectivity index (χ0v) is 14.5. The maximum Gasteiger partial charge on any atom is 0.270 e. The van der Waals surface area contributed by atoms with E-state index in [1.165, 1.54) is 16.9 Å². The van der Waals surface area contributed by atoms with Crippen LogP contribution in [0, 0.1) is 0 Å². The van der Waals surface area contributed by atoms with Gasteiger partial charge < -0.3 is 11.1 Å². The number of carbonyl (C=O) groups is 1. The molecule has 3 N–H and O–H groups in total. The van der Waals surface area contributed by atoms with Crippen molar-refractivity contribution in [1.82, 2.24) is 20.2 Å². The van der Waals surface area contributed by atoms with E-state index in [0.717, 1.165) is 43.9 Å².